The minimum Gasteiger partial charge on any atom is -0.456 e. The third-order valence-electron chi connectivity index (χ3n) is 12.1. The molecule has 3 heterocycles. The highest BCUT2D eigenvalue weighted by Gasteiger charge is 2.37. The zero-order chi connectivity index (χ0) is 41.0. The first-order chi connectivity index (χ1) is 30.8. The van der Waals surface area contributed by atoms with E-state index in [1.165, 1.54) is 0 Å². The van der Waals surface area contributed by atoms with Crippen molar-refractivity contribution in [1.29, 1.82) is 0 Å². The minimum atomic E-state index is -0.287. The average molecular weight is 793 g/mol. The number of para-hydroxylation sites is 1. The van der Waals surface area contributed by atoms with E-state index in [-0.39, 0.29) is 5.92 Å². The maximum absolute atomic E-state index is 6.83. The van der Waals surface area contributed by atoms with Crippen LogP contribution in [0.4, 0.5) is 0 Å². The summed E-state index contributed by atoms with van der Waals surface area (Å²) < 4.78 is 6.83. The van der Waals surface area contributed by atoms with E-state index >= 15 is 0 Å². The van der Waals surface area contributed by atoms with E-state index in [2.05, 4.69) is 133 Å². The van der Waals surface area contributed by atoms with Gasteiger partial charge in [0.25, 0.3) is 0 Å². The van der Waals surface area contributed by atoms with Crippen molar-refractivity contribution in [2.75, 3.05) is 0 Å². The quantitative estimate of drug-likeness (QED) is 0.161. The van der Waals surface area contributed by atoms with Crippen LogP contribution in [-0.2, 0) is 0 Å². The Labute approximate surface area is 358 Å². The molecule has 0 amide bonds. The van der Waals surface area contributed by atoms with E-state index in [1.54, 1.807) is 0 Å². The van der Waals surface area contributed by atoms with Gasteiger partial charge in [-0.15, -0.1) is 0 Å². The van der Waals surface area contributed by atoms with Gasteiger partial charge < -0.3 is 4.42 Å². The monoisotopic (exact) mass is 792 g/mol. The molecule has 290 valence electrons. The molecule has 5 nitrogen and oxygen atoms in total. The molecule has 0 radical (unpaired) electrons. The number of rotatable bonds is 7. The molecular formula is C57H36N4O. The lowest BCUT2D eigenvalue weighted by molar-refractivity contribution is 0.662. The van der Waals surface area contributed by atoms with Crippen LogP contribution in [0, 0.1) is 0 Å². The highest BCUT2D eigenvalue weighted by molar-refractivity contribution is 6.09. The minimum absolute atomic E-state index is 0.287. The fourth-order valence-corrected chi connectivity index (χ4v) is 9.29. The predicted molar refractivity (Wildman–Crippen MR) is 250 cm³/mol. The maximum Gasteiger partial charge on any atom is 0.165 e. The Balaban J connectivity index is 1.18. The van der Waals surface area contributed by atoms with Crippen molar-refractivity contribution in [2.45, 2.75) is 5.92 Å². The molecule has 1 atom stereocenters. The van der Waals surface area contributed by atoms with E-state index in [4.69, 9.17) is 24.4 Å². The first-order valence-corrected chi connectivity index (χ1v) is 20.9. The van der Waals surface area contributed by atoms with E-state index in [0.717, 1.165) is 100.0 Å². The number of pyridine rings is 1. The molecule has 1 aliphatic carbocycles. The summed E-state index contributed by atoms with van der Waals surface area (Å²) in [5.41, 5.74) is 16.3. The third kappa shape index (κ3) is 5.94. The molecular weight excluding hydrogens is 757 g/mol. The molecule has 0 bridgehead atoms. The topological polar surface area (TPSA) is 64.7 Å². The number of nitrogens with zero attached hydrogens (tertiary/aromatic N) is 4. The molecule has 62 heavy (non-hydrogen) atoms. The van der Waals surface area contributed by atoms with Crippen molar-refractivity contribution in [3.05, 3.63) is 229 Å². The van der Waals surface area contributed by atoms with Gasteiger partial charge in [-0.25, -0.2) is 15.0 Å². The Hall–Kier alpha value is -8.28. The molecule has 11 aromatic rings. The molecule has 12 rings (SSSR count). The molecule has 0 N–H and O–H groups in total. The van der Waals surface area contributed by atoms with E-state index in [0.29, 0.717) is 17.5 Å². The van der Waals surface area contributed by atoms with Crippen LogP contribution < -0.4 is 0 Å². The molecule has 0 spiro atoms. The third-order valence-corrected chi connectivity index (χ3v) is 12.1. The molecule has 1 aliphatic rings. The van der Waals surface area contributed by atoms with Crippen molar-refractivity contribution in [2.24, 2.45) is 0 Å². The number of hydrogen-bond donors (Lipinski definition) is 0. The lowest BCUT2D eigenvalue weighted by Crippen LogP contribution is -2.08. The van der Waals surface area contributed by atoms with Gasteiger partial charge in [-0.2, -0.15) is 0 Å². The Morgan fingerprint density at radius 3 is 1.55 bits per heavy atom. The molecule has 3 aromatic heterocycles. The van der Waals surface area contributed by atoms with Crippen LogP contribution in [0.3, 0.4) is 0 Å². The van der Waals surface area contributed by atoms with E-state index in [9.17, 15) is 0 Å². The number of furan rings is 1. The normalized spacial score (nSPS) is 13.0. The van der Waals surface area contributed by atoms with Gasteiger partial charge in [0.15, 0.2) is 17.5 Å². The smallest absolute Gasteiger partial charge is 0.165 e. The highest BCUT2D eigenvalue weighted by atomic mass is 16.3. The summed E-state index contributed by atoms with van der Waals surface area (Å²) in [5.74, 6) is 1.44. The van der Waals surface area contributed by atoms with Crippen molar-refractivity contribution >= 4 is 21.9 Å². The average Bonchev–Trinajstić information content (AvgIpc) is 3.91. The molecule has 0 saturated heterocycles. The summed E-state index contributed by atoms with van der Waals surface area (Å²) in [6.45, 7) is 0. The fraction of sp³-hybridized carbons (Fsp3) is 0.0175. The zero-order valence-electron chi connectivity index (χ0n) is 33.5. The first kappa shape index (κ1) is 35.6. The summed E-state index contributed by atoms with van der Waals surface area (Å²) in [5, 5.41) is 2.17. The lowest BCUT2D eigenvalue weighted by atomic mass is 9.85. The maximum atomic E-state index is 6.83. The molecule has 8 aromatic carbocycles. The van der Waals surface area contributed by atoms with Gasteiger partial charge in [0, 0.05) is 44.8 Å². The number of fused-ring (bicyclic) bond motifs is 7. The first-order valence-electron chi connectivity index (χ1n) is 20.9. The Kier molecular flexibility index (Phi) is 8.49. The van der Waals surface area contributed by atoms with Crippen LogP contribution in [0.2, 0.25) is 0 Å². The van der Waals surface area contributed by atoms with Gasteiger partial charge in [-0.3, -0.25) is 4.98 Å². The fourth-order valence-electron chi connectivity index (χ4n) is 9.29. The SMILES string of the molecule is c1ccc(-c2nc(-c3ccccc3)nc(-c3cc(-c4c(-c5ccccc5)cccc4-c4ccccc4)cnc3C3c4ccccc4-c4ccc5c(oc6ccccc65)c43)n2)cc1. The van der Waals surface area contributed by atoms with Crippen molar-refractivity contribution in [3.8, 4) is 78.7 Å². The Bertz CT molecular complexity index is 3340. The van der Waals surface area contributed by atoms with Crippen LogP contribution in [0.25, 0.3) is 101 Å². The van der Waals surface area contributed by atoms with E-state index in [1.807, 2.05) is 79.0 Å². The van der Waals surface area contributed by atoms with Gasteiger partial charge >= 0.3 is 0 Å². The van der Waals surface area contributed by atoms with Gasteiger partial charge in [0.05, 0.1) is 11.6 Å². The van der Waals surface area contributed by atoms with Gasteiger partial charge in [0.2, 0.25) is 0 Å². The van der Waals surface area contributed by atoms with Gasteiger partial charge in [0.1, 0.15) is 11.2 Å². The summed E-state index contributed by atoms with van der Waals surface area (Å²) in [4.78, 5) is 21.4. The summed E-state index contributed by atoms with van der Waals surface area (Å²) in [6, 6.07) is 71.7. The van der Waals surface area contributed by atoms with Crippen LogP contribution in [0.5, 0.6) is 0 Å². The second-order valence-corrected chi connectivity index (χ2v) is 15.7. The highest BCUT2D eigenvalue weighted by Crippen LogP contribution is 2.53. The van der Waals surface area contributed by atoms with Crippen molar-refractivity contribution < 1.29 is 4.42 Å². The standard InChI is InChI=1S/C57H36N4O/c1-5-18-36(19-6-1)41-29-17-30-42(37-20-7-2-8-21-37)50(41)40-34-48(57-60-55(38-22-9-3-10-23-38)59-56(61-57)39-24-11-4-12-25-39)53(58-35-40)51-45-28-14-13-26-43(45)46-32-33-47-44-27-15-16-31-49(44)62-54(47)52(46)51/h1-35,51H. The van der Waals surface area contributed by atoms with E-state index < -0.39 is 0 Å². The predicted octanol–water partition coefficient (Wildman–Crippen LogP) is 14.3. The molecule has 1 unspecified atom stereocenters. The van der Waals surface area contributed by atoms with Gasteiger partial charge in [-0.05, 0) is 62.7 Å². The number of aromatic nitrogens is 4. The van der Waals surface area contributed by atoms with Crippen molar-refractivity contribution in [1.82, 2.24) is 19.9 Å². The van der Waals surface area contributed by atoms with Crippen LogP contribution in [-0.4, -0.2) is 19.9 Å². The summed E-state index contributed by atoms with van der Waals surface area (Å²) >= 11 is 0. The molecule has 5 heteroatoms. The van der Waals surface area contributed by atoms with Crippen molar-refractivity contribution in [3.63, 3.8) is 0 Å². The van der Waals surface area contributed by atoms with Crippen LogP contribution in [0.1, 0.15) is 22.7 Å². The summed E-state index contributed by atoms with van der Waals surface area (Å²) in [7, 11) is 0. The lowest BCUT2D eigenvalue weighted by Gasteiger charge is -2.21. The van der Waals surface area contributed by atoms with Crippen LogP contribution >= 0.6 is 0 Å². The molecule has 0 fully saturated rings. The van der Waals surface area contributed by atoms with Gasteiger partial charge in [-0.1, -0.05) is 188 Å². The number of benzene rings is 8. The second kappa shape index (κ2) is 14.8. The second-order valence-electron chi connectivity index (χ2n) is 15.7. The largest absolute Gasteiger partial charge is 0.456 e. The molecule has 0 aliphatic heterocycles. The Morgan fingerprint density at radius 2 is 0.903 bits per heavy atom. The molecule has 0 saturated carbocycles. The van der Waals surface area contributed by atoms with Crippen LogP contribution in [0.15, 0.2) is 217 Å². The number of hydrogen-bond acceptors (Lipinski definition) is 5. The Morgan fingerprint density at radius 1 is 0.371 bits per heavy atom. The zero-order valence-corrected chi connectivity index (χ0v) is 33.5. The summed E-state index contributed by atoms with van der Waals surface area (Å²) in [6.07, 6.45) is 2.05.